The largest absolute Gasteiger partial charge is 0.377 e. The van der Waals surface area contributed by atoms with Crippen LogP contribution in [0, 0.1) is 0 Å². The lowest BCUT2D eigenvalue weighted by molar-refractivity contribution is 0.288. The Hall–Kier alpha value is -0.920. The second-order valence-corrected chi connectivity index (χ2v) is 3.93. The van der Waals surface area contributed by atoms with E-state index in [0.29, 0.717) is 0 Å². The molecule has 2 heteroatoms. The molecule has 2 heterocycles. The van der Waals surface area contributed by atoms with Crippen LogP contribution in [0.15, 0.2) is 24.0 Å². The van der Waals surface area contributed by atoms with Crippen LogP contribution in [-0.4, -0.2) is 36.5 Å². The molecule has 0 unspecified atom stereocenters. The van der Waals surface area contributed by atoms with E-state index < -0.39 is 0 Å². The van der Waals surface area contributed by atoms with Crippen LogP contribution < -0.4 is 0 Å². The van der Waals surface area contributed by atoms with Crippen LogP contribution in [0.3, 0.4) is 0 Å². The lowest BCUT2D eigenvalue weighted by Gasteiger charge is -2.31. The zero-order chi connectivity index (χ0) is 9.10. The van der Waals surface area contributed by atoms with Crippen LogP contribution in [0.25, 0.3) is 0 Å². The van der Waals surface area contributed by atoms with Gasteiger partial charge >= 0.3 is 0 Å². The van der Waals surface area contributed by atoms with Gasteiger partial charge in [-0.2, -0.15) is 0 Å². The van der Waals surface area contributed by atoms with Crippen LogP contribution in [-0.2, 0) is 0 Å². The number of hydrogen-bond acceptors (Lipinski definition) is 2. The second kappa shape index (κ2) is 3.86. The van der Waals surface area contributed by atoms with Gasteiger partial charge in [0.05, 0.1) is 0 Å². The normalized spacial score (nSPS) is 23.3. The first kappa shape index (κ1) is 8.67. The molecule has 0 spiro atoms. The average molecular weight is 178 g/mol. The molecule has 0 aromatic carbocycles. The van der Waals surface area contributed by atoms with E-state index in [2.05, 4.69) is 35.2 Å². The molecule has 2 aliphatic heterocycles. The Kier molecular flexibility index (Phi) is 2.57. The first-order chi connectivity index (χ1) is 6.36. The highest BCUT2D eigenvalue weighted by Crippen LogP contribution is 2.17. The lowest BCUT2D eigenvalue weighted by Crippen LogP contribution is -2.30. The molecule has 0 atom stereocenters. The third-order valence-electron chi connectivity index (χ3n) is 2.81. The van der Waals surface area contributed by atoms with Crippen molar-refractivity contribution in [3.63, 3.8) is 0 Å². The van der Waals surface area contributed by atoms with E-state index in [0.717, 1.165) is 6.54 Å². The van der Waals surface area contributed by atoms with Gasteiger partial charge in [0.1, 0.15) is 0 Å². The van der Waals surface area contributed by atoms with Crippen LogP contribution in [0.2, 0.25) is 0 Å². The van der Waals surface area contributed by atoms with Gasteiger partial charge in [-0.3, -0.25) is 0 Å². The number of likely N-dealkylation sites (N-methyl/N-ethyl adjacent to an activating group) is 1. The fourth-order valence-corrected chi connectivity index (χ4v) is 1.96. The van der Waals surface area contributed by atoms with Crippen molar-refractivity contribution in [1.82, 2.24) is 9.80 Å². The molecular formula is C11H18N2. The van der Waals surface area contributed by atoms with E-state index >= 15 is 0 Å². The number of piperidine rings is 1. The fourth-order valence-electron chi connectivity index (χ4n) is 1.96. The third kappa shape index (κ3) is 2.06. The van der Waals surface area contributed by atoms with Gasteiger partial charge in [0.25, 0.3) is 0 Å². The predicted molar refractivity (Wildman–Crippen MR) is 55.3 cm³/mol. The van der Waals surface area contributed by atoms with Crippen molar-refractivity contribution in [2.45, 2.75) is 19.3 Å². The smallest absolute Gasteiger partial charge is 0.0373 e. The predicted octanol–water partition coefficient (Wildman–Crippen LogP) is 1.82. The molecule has 0 amide bonds. The van der Waals surface area contributed by atoms with Crippen molar-refractivity contribution in [2.24, 2.45) is 0 Å². The lowest BCUT2D eigenvalue weighted by atomic mass is 10.1. The van der Waals surface area contributed by atoms with Gasteiger partial charge in [-0.15, -0.1) is 0 Å². The number of hydrogen-bond donors (Lipinski definition) is 0. The molecule has 2 aliphatic rings. The van der Waals surface area contributed by atoms with Gasteiger partial charge in [-0.1, -0.05) is 0 Å². The van der Waals surface area contributed by atoms with Crippen molar-refractivity contribution in [3.05, 3.63) is 24.0 Å². The third-order valence-corrected chi connectivity index (χ3v) is 2.81. The van der Waals surface area contributed by atoms with Crippen molar-refractivity contribution >= 4 is 0 Å². The molecule has 1 saturated heterocycles. The van der Waals surface area contributed by atoms with Crippen LogP contribution in [0.5, 0.6) is 0 Å². The summed E-state index contributed by atoms with van der Waals surface area (Å²) >= 11 is 0. The molecule has 0 radical (unpaired) electrons. The maximum atomic E-state index is 2.51. The van der Waals surface area contributed by atoms with Gasteiger partial charge < -0.3 is 9.80 Å². The summed E-state index contributed by atoms with van der Waals surface area (Å²) in [5.74, 6) is 0. The van der Waals surface area contributed by atoms with E-state index in [9.17, 15) is 0 Å². The summed E-state index contributed by atoms with van der Waals surface area (Å²) < 4.78 is 0. The minimum absolute atomic E-state index is 1.06. The zero-order valence-electron chi connectivity index (χ0n) is 8.37. The minimum atomic E-state index is 1.06. The summed E-state index contributed by atoms with van der Waals surface area (Å²) in [4.78, 5) is 4.71. The summed E-state index contributed by atoms with van der Waals surface area (Å²) in [6.07, 6.45) is 10.9. The Bertz CT molecular complexity index is 224. The summed E-state index contributed by atoms with van der Waals surface area (Å²) in [6, 6.07) is 0. The summed E-state index contributed by atoms with van der Waals surface area (Å²) in [6.45, 7) is 3.56. The monoisotopic (exact) mass is 178 g/mol. The molecule has 13 heavy (non-hydrogen) atoms. The van der Waals surface area contributed by atoms with E-state index in [1.165, 1.54) is 38.0 Å². The molecule has 0 aromatic heterocycles. The molecular weight excluding hydrogens is 160 g/mol. The van der Waals surface area contributed by atoms with Crippen molar-refractivity contribution in [1.29, 1.82) is 0 Å². The highest BCUT2D eigenvalue weighted by atomic mass is 15.2. The van der Waals surface area contributed by atoms with Crippen molar-refractivity contribution in [3.8, 4) is 0 Å². The Balaban J connectivity index is 1.96. The van der Waals surface area contributed by atoms with E-state index in [1.807, 2.05) is 0 Å². The number of nitrogens with zero attached hydrogens (tertiary/aromatic N) is 2. The first-order valence-corrected chi connectivity index (χ1v) is 5.20. The average Bonchev–Trinajstić information content (AvgIpc) is 2.20. The summed E-state index contributed by atoms with van der Waals surface area (Å²) in [5, 5.41) is 0. The molecule has 0 aliphatic carbocycles. The Morgan fingerprint density at radius 3 is 2.54 bits per heavy atom. The first-order valence-electron chi connectivity index (χ1n) is 5.20. The molecule has 0 saturated carbocycles. The molecule has 1 fully saturated rings. The van der Waals surface area contributed by atoms with Crippen LogP contribution in [0.1, 0.15) is 19.3 Å². The zero-order valence-corrected chi connectivity index (χ0v) is 8.37. The molecule has 0 N–H and O–H groups in total. The van der Waals surface area contributed by atoms with Crippen LogP contribution >= 0.6 is 0 Å². The number of rotatable bonds is 1. The topological polar surface area (TPSA) is 6.48 Å². The molecule has 2 nitrogen and oxygen atoms in total. The van der Waals surface area contributed by atoms with Gasteiger partial charge in [0.15, 0.2) is 0 Å². The van der Waals surface area contributed by atoms with Gasteiger partial charge in [-0.25, -0.2) is 0 Å². The van der Waals surface area contributed by atoms with Gasteiger partial charge in [0, 0.05) is 38.6 Å². The second-order valence-electron chi connectivity index (χ2n) is 3.93. The standard InChI is InChI=1S/C11H18N2/c1-12-9-5-11(6-10-12)13-7-3-2-4-8-13/h5-6,9H,2-4,7-8,10H2,1H3. The van der Waals surface area contributed by atoms with Crippen LogP contribution in [0.4, 0.5) is 0 Å². The molecule has 72 valence electrons. The molecule has 0 aromatic rings. The fraction of sp³-hybridized carbons (Fsp3) is 0.636. The van der Waals surface area contributed by atoms with Gasteiger partial charge in [0.2, 0.25) is 0 Å². The highest BCUT2D eigenvalue weighted by Gasteiger charge is 2.12. The van der Waals surface area contributed by atoms with E-state index in [-0.39, 0.29) is 0 Å². The highest BCUT2D eigenvalue weighted by molar-refractivity contribution is 5.21. The Labute approximate surface area is 80.5 Å². The van der Waals surface area contributed by atoms with Gasteiger partial charge in [-0.05, 0) is 31.4 Å². The number of likely N-dealkylation sites (tertiary alicyclic amines) is 1. The maximum Gasteiger partial charge on any atom is 0.0373 e. The quantitative estimate of drug-likeness (QED) is 0.604. The summed E-state index contributed by atoms with van der Waals surface area (Å²) in [7, 11) is 2.11. The van der Waals surface area contributed by atoms with E-state index in [1.54, 1.807) is 0 Å². The Morgan fingerprint density at radius 2 is 1.92 bits per heavy atom. The molecule has 2 rings (SSSR count). The summed E-state index contributed by atoms with van der Waals surface area (Å²) in [5.41, 5.74) is 1.43. The van der Waals surface area contributed by atoms with Crippen molar-refractivity contribution in [2.75, 3.05) is 26.7 Å². The Morgan fingerprint density at radius 1 is 1.15 bits per heavy atom. The minimum Gasteiger partial charge on any atom is -0.377 e. The van der Waals surface area contributed by atoms with Crippen molar-refractivity contribution < 1.29 is 0 Å². The number of allylic oxidation sites excluding steroid dienone is 1. The maximum absolute atomic E-state index is 2.51. The molecule has 0 bridgehead atoms. The SMILES string of the molecule is CN1C=CC(N2CCCCC2)=CC1. The van der Waals surface area contributed by atoms with E-state index in [4.69, 9.17) is 0 Å².